The average molecular weight is 352 g/mol. The number of aromatic amines is 1. The predicted octanol–water partition coefficient (Wildman–Crippen LogP) is 3.09. The lowest BCUT2D eigenvalue weighted by atomic mass is 10.2. The van der Waals surface area contributed by atoms with E-state index in [1.807, 2.05) is 0 Å². The van der Waals surface area contributed by atoms with E-state index in [-0.39, 0.29) is 5.56 Å². The van der Waals surface area contributed by atoms with Gasteiger partial charge in [0.2, 0.25) is 0 Å². The predicted molar refractivity (Wildman–Crippen MR) is 97.0 cm³/mol. The molecular formula is C15H17N3OS3. The van der Waals surface area contributed by atoms with Crippen LogP contribution in [0.5, 0.6) is 0 Å². The number of thiocarbonyl (C=S) groups is 1. The Morgan fingerprint density at radius 3 is 2.95 bits per heavy atom. The van der Waals surface area contributed by atoms with Gasteiger partial charge in [-0.15, -0.1) is 11.3 Å². The maximum Gasteiger partial charge on any atom is 0.259 e. The first-order valence-corrected chi connectivity index (χ1v) is 9.88. The lowest BCUT2D eigenvalue weighted by molar-refractivity contribution is 0.539. The highest BCUT2D eigenvalue weighted by atomic mass is 32.2. The number of fused-ring (bicyclic) bond motifs is 3. The lowest BCUT2D eigenvalue weighted by Gasteiger charge is -2.17. The molecule has 0 radical (unpaired) electrons. The van der Waals surface area contributed by atoms with E-state index in [0.29, 0.717) is 5.75 Å². The van der Waals surface area contributed by atoms with Crippen LogP contribution in [-0.4, -0.2) is 32.3 Å². The van der Waals surface area contributed by atoms with Gasteiger partial charge in [-0.25, -0.2) is 4.98 Å². The number of likely N-dealkylation sites (tertiary alicyclic amines) is 1. The first kappa shape index (κ1) is 14.7. The van der Waals surface area contributed by atoms with Crippen molar-refractivity contribution in [3.8, 4) is 0 Å². The van der Waals surface area contributed by atoms with Crippen LogP contribution >= 0.6 is 35.3 Å². The van der Waals surface area contributed by atoms with Crippen LogP contribution < -0.4 is 5.56 Å². The first-order valence-electron chi connectivity index (χ1n) is 7.67. The van der Waals surface area contributed by atoms with Crippen molar-refractivity contribution in [2.75, 3.05) is 13.1 Å². The fraction of sp³-hybridized carbons (Fsp3) is 0.533. The zero-order chi connectivity index (χ0) is 15.1. The van der Waals surface area contributed by atoms with Gasteiger partial charge in [0.1, 0.15) is 15.0 Å². The Bertz CT molecular complexity index is 789. The van der Waals surface area contributed by atoms with Gasteiger partial charge in [-0.05, 0) is 37.7 Å². The fourth-order valence-corrected chi connectivity index (χ4v) is 5.64. The van der Waals surface area contributed by atoms with Crippen LogP contribution in [0, 0.1) is 0 Å². The molecule has 2 aromatic rings. The summed E-state index contributed by atoms with van der Waals surface area (Å²) in [4.78, 5) is 24.5. The largest absolute Gasteiger partial charge is 0.358 e. The summed E-state index contributed by atoms with van der Waals surface area (Å²) in [5.41, 5.74) is 1.26. The Labute approximate surface area is 142 Å². The molecule has 1 aliphatic carbocycles. The van der Waals surface area contributed by atoms with Gasteiger partial charge in [-0.1, -0.05) is 24.0 Å². The molecule has 0 aromatic carbocycles. The minimum Gasteiger partial charge on any atom is -0.358 e. The second kappa shape index (κ2) is 5.94. The Morgan fingerprint density at radius 1 is 1.32 bits per heavy atom. The van der Waals surface area contributed by atoms with Gasteiger partial charge in [0, 0.05) is 18.0 Å². The second-order valence-electron chi connectivity index (χ2n) is 5.80. The first-order chi connectivity index (χ1) is 10.7. The molecule has 7 heteroatoms. The summed E-state index contributed by atoms with van der Waals surface area (Å²) >= 11 is 8.76. The maximum absolute atomic E-state index is 12.4. The smallest absolute Gasteiger partial charge is 0.259 e. The van der Waals surface area contributed by atoms with Crippen molar-refractivity contribution >= 4 is 49.9 Å². The van der Waals surface area contributed by atoms with Crippen LogP contribution in [0.25, 0.3) is 10.2 Å². The number of rotatable bonds is 2. The second-order valence-corrected chi connectivity index (χ2v) is 8.49. The summed E-state index contributed by atoms with van der Waals surface area (Å²) in [6.45, 7) is 2.12. The molecule has 0 bridgehead atoms. The van der Waals surface area contributed by atoms with Gasteiger partial charge in [0.15, 0.2) is 0 Å². The van der Waals surface area contributed by atoms with Crippen molar-refractivity contribution < 1.29 is 0 Å². The van der Waals surface area contributed by atoms with Crippen LogP contribution in [-0.2, 0) is 18.6 Å². The minimum atomic E-state index is 0.0205. The van der Waals surface area contributed by atoms with Crippen molar-refractivity contribution in [2.45, 2.75) is 37.9 Å². The van der Waals surface area contributed by atoms with Crippen molar-refractivity contribution in [1.82, 2.24) is 14.9 Å². The van der Waals surface area contributed by atoms with E-state index < -0.39 is 0 Å². The fourth-order valence-electron chi connectivity index (χ4n) is 3.24. The van der Waals surface area contributed by atoms with Gasteiger partial charge in [-0.2, -0.15) is 0 Å². The van der Waals surface area contributed by atoms with Gasteiger partial charge in [0.25, 0.3) is 5.56 Å². The molecular weight excluding hydrogens is 334 g/mol. The maximum atomic E-state index is 12.4. The quantitative estimate of drug-likeness (QED) is 0.843. The number of aryl methyl sites for hydroxylation is 2. The SMILES string of the molecule is O=c1[nH]c(CSC(=S)N2CCCC2)nc2sc3c(c12)CCC3. The van der Waals surface area contributed by atoms with Gasteiger partial charge in [0.05, 0.1) is 11.1 Å². The molecule has 0 unspecified atom stereocenters. The van der Waals surface area contributed by atoms with Crippen LogP contribution in [0.4, 0.5) is 0 Å². The number of nitrogens with one attached hydrogen (secondary N) is 1. The summed E-state index contributed by atoms with van der Waals surface area (Å²) in [5, 5.41) is 0.827. The van der Waals surface area contributed by atoms with Gasteiger partial charge >= 0.3 is 0 Å². The number of thioether (sulfide) groups is 1. The van der Waals surface area contributed by atoms with E-state index in [0.717, 1.165) is 52.7 Å². The normalized spacial score (nSPS) is 17.4. The average Bonchev–Trinajstić information content (AvgIpc) is 3.20. The molecule has 0 atom stereocenters. The Hall–Kier alpha value is -0.920. The molecule has 0 amide bonds. The zero-order valence-corrected chi connectivity index (χ0v) is 14.6. The zero-order valence-electron chi connectivity index (χ0n) is 12.2. The van der Waals surface area contributed by atoms with Gasteiger partial charge < -0.3 is 9.88 Å². The molecule has 0 saturated carbocycles. The topological polar surface area (TPSA) is 49.0 Å². The summed E-state index contributed by atoms with van der Waals surface area (Å²) in [6.07, 6.45) is 5.73. The van der Waals surface area contributed by atoms with E-state index in [1.165, 1.54) is 23.3 Å². The molecule has 0 spiro atoms. The number of aromatic nitrogens is 2. The number of nitrogens with zero attached hydrogens (tertiary/aromatic N) is 2. The van der Waals surface area contributed by atoms with E-state index in [9.17, 15) is 4.79 Å². The van der Waals surface area contributed by atoms with E-state index in [4.69, 9.17) is 12.2 Å². The molecule has 1 N–H and O–H groups in total. The molecule has 22 heavy (non-hydrogen) atoms. The number of H-pyrrole nitrogens is 1. The van der Waals surface area contributed by atoms with Gasteiger partial charge in [-0.3, -0.25) is 4.79 Å². The molecule has 4 nitrogen and oxygen atoms in total. The third-order valence-electron chi connectivity index (χ3n) is 4.32. The summed E-state index contributed by atoms with van der Waals surface area (Å²) in [5.74, 6) is 1.38. The Balaban J connectivity index is 1.55. The van der Waals surface area contributed by atoms with Crippen LogP contribution in [0.3, 0.4) is 0 Å². The number of hydrogen-bond donors (Lipinski definition) is 1. The van der Waals surface area contributed by atoms with E-state index in [2.05, 4.69) is 14.9 Å². The van der Waals surface area contributed by atoms with Crippen LogP contribution in [0.15, 0.2) is 4.79 Å². The minimum absolute atomic E-state index is 0.0205. The Morgan fingerprint density at radius 2 is 2.14 bits per heavy atom. The third-order valence-corrected chi connectivity index (χ3v) is 7.04. The van der Waals surface area contributed by atoms with Crippen molar-refractivity contribution in [2.24, 2.45) is 0 Å². The van der Waals surface area contributed by atoms with Crippen LogP contribution in [0.1, 0.15) is 35.5 Å². The summed E-state index contributed by atoms with van der Waals surface area (Å²) < 4.78 is 0.925. The molecule has 1 saturated heterocycles. The molecule has 1 fully saturated rings. The summed E-state index contributed by atoms with van der Waals surface area (Å²) in [6, 6.07) is 0. The third kappa shape index (κ3) is 2.59. The standard InChI is InChI=1S/C15H17N3OS3/c19-13-12-9-4-3-5-10(9)22-14(12)17-11(16-13)8-21-15(20)18-6-1-2-7-18/h1-8H2,(H,16,17,19). The van der Waals surface area contributed by atoms with E-state index in [1.54, 1.807) is 23.1 Å². The molecule has 2 aromatic heterocycles. The lowest BCUT2D eigenvalue weighted by Crippen LogP contribution is -2.23. The van der Waals surface area contributed by atoms with Crippen LogP contribution in [0.2, 0.25) is 0 Å². The number of thiophene rings is 1. The Kier molecular flexibility index (Phi) is 3.96. The molecule has 4 rings (SSSR count). The molecule has 2 aliphatic rings. The molecule has 1 aliphatic heterocycles. The highest BCUT2D eigenvalue weighted by Crippen LogP contribution is 2.34. The van der Waals surface area contributed by atoms with E-state index >= 15 is 0 Å². The highest BCUT2D eigenvalue weighted by molar-refractivity contribution is 8.22. The number of hydrogen-bond acceptors (Lipinski definition) is 5. The molecule has 116 valence electrons. The molecule has 3 heterocycles. The van der Waals surface area contributed by atoms with Crippen molar-refractivity contribution in [3.63, 3.8) is 0 Å². The highest BCUT2D eigenvalue weighted by Gasteiger charge is 2.21. The van der Waals surface area contributed by atoms with Crippen molar-refractivity contribution in [1.29, 1.82) is 0 Å². The van der Waals surface area contributed by atoms with Crippen molar-refractivity contribution in [3.05, 3.63) is 26.6 Å². The summed E-state index contributed by atoms with van der Waals surface area (Å²) in [7, 11) is 0. The monoisotopic (exact) mass is 351 g/mol.